The molecule has 0 saturated heterocycles. The van der Waals surface area contributed by atoms with E-state index in [0.29, 0.717) is 16.2 Å². The van der Waals surface area contributed by atoms with Crippen molar-refractivity contribution in [2.45, 2.75) is 26.2 Å². The normalized spacial score (nSPS) is 12.5. The lowest BCUT2D eigenvalue weighted by atomic mass is 9.96. The van der Waals surface area contributed by atoms with Crippen molar-refractivity contribution in [3.05, 3.63) is 16.5 Å². The number of primary sulfonamides is 1. The summed E-state index contributed by atoms with van der Waals surface area (Å²) in [7, 11) is -3.46. The summed E-state index contributed by atoms with van der Waals surface area (Å²) in [6.45, 7) is 6.22. The Bertz CT molecular complexity index is 525. The topological polar surface area (TPSA) is 98.0 Å². The number of nitrogens with two attached hydrogens (primary N) is 1. The standard InChI is InChI=1S/C10H17BrN4O2S/c1-10(2,3)9-14-7(11)6-8(15-9)13-4-5-18(12,16)17/h6H,4-5H2,1-3H3,(H2,12,16,17)(H,13,14,15). The second kappa shape index (κ2) is 5.50. The Labute approximate surface area is 116 Å². The van der Waals surface area contributed by atoms with Gasteiger partial charge >= 0.3 is 0 Å². The highest BCUT2D eigenvalue weighted by Crippen LogP contribution is 2.22. The largest absolute Gasteiger partial charge is 0.369 e. The van der Waals surface area contributed by atoms with Gasteiger partial charge in [0.1, 0.15) is 16.2 Å². The van der Waals surface area contributed by atoms with Crippen molar-refractivity contribution in [3.8, 4) is 0 Å². The van der Waals surface area contributed by atoms with Gasteiger partial charge in [0.2, 0.25) is 10.0 Å². The van der Waals surface area contributed by atoms with E-state index in [0.717, 1.165) is 0 Å². The second-order valence-corrected chi connectivity index (χ2v) is 7.49. The third-order valence-electron chi connectivity index (χ3n) is 2.06. The van der Waals surface area contributed by atoms with E-state index in [1.54, 1.807) is 6.07 Å². The maximum Gasteiger partial charge on any atom is 0.210 e. The summed E-state index contributed by atoms with van der Waals surface area (Å²) in [6.07, 6.45) is 0. The van der Waals surface area contributed by atoms with Gasteiger partial charge in [-0.25, -0.2) is 23.5 Å². The molecule has 1 heterocycles. The van der Waals surface area contributed by atoms with Gasteiger partial charge in [0, 0.05) is 18.0 Å². The summed E-state index contributed by atoms with van der Waals surface area (Å²) < 4.78 is 22.3. The highest BCUT2D eigenvalue weighted by atomic mass is 79.9. The summed E-state index contributed by atoms with van der Waals surface area (Å²) in [5.41, 5.74) is -0.180. The number of sulfonamides is 1. The number of nitrogens with zero attached hydrogens (tertiary/aromatic N) is 2. The number of aromatic nitrogens is 2. The fraction of sp³-hybridized carbons (Fsp3) is 0.600. The summed E-state index contributed by atoms with van der Waals surface area (Å²) in [5, 5.41) is 7.83. The maximum absolute atomic E-state index is 10.8. The van der Waals surface area contributed by atoms with Crippen molar-refractivity contribution in [1.82, 2.24) is 9.97 Å². The number of halogens is 1. The van der Waals surface area contributed by atoms with Crippen LogP contribution < -0.4 is 10.5 Å². The van der Waals surface area contributed by atoms with Crippen LogP contribution in [0.4, 0.5) is 5.82 Å². The van der Waals surface area contributed by atoms with Crippen molar-refractivity contribution in [3.63, 3.8) is 0 Å². The number of hydrogen-bond donors (Lipinski definition) is 2. The summed E-state index contributed by atoms with van der Waals surface area (Å²) >= 11 is 3.30. The molecule has 1 aromatic heterocycles. The molecule has 0 aliphatic rings. The lowest BCUT2D eigenvalue weighted by Crippen LogP contribution is -2.23. The van der Waals surface area contributed by atoms with Crippen LogP contribution in [-0.4, -0.2) is 30.7 Å². The van der Waals surface area contributed by atoms with Gasteiger partial charge in [0.05, 0.1) is 5.75 Å². The molecular weight excluding hydrogens is 320 g/mol. The third-order valence-corrected chi connectivity index (χ3v) is 3.24. The smallest absolute Gasteiger partial charge is 0.210 e. The van der Waals surface area contributed by atoms with Crippen LogP contribution in [0.2, 0.25) is 0 Å². The molecule has 0 spiro atoms. The minimum atomic E-state index is -3.46. The van der Waals surface area contributed by atoms with Gasteiger partial charge in [-0.1, -0.05) is 20.8 Å². The van der Waals surface area contributed by atoms with Crippen molar-refractivity contribution in [2.75, 3.05) is 17.6 Å². The number of hydrogen-bond acceptors (Lipinski definition) is 5. The molecule has 0 fully saturated rings. The number of rotatable bonds is 4. The second-order valence-electron chi connectivity index (χ2n) is 4.94. The first-order chi connectivity index (χ1) is 8.08. The Morgan fingerprint density at radius 1 is 1.39 bits per heavy atom. The highest BCUT2D eigenvalue weighted by Gasteiger charge is 2.18. The zero-order chi connectivity index (χ0) is 14.0. The van der Waals surface area contributed by atoms with Crippen molar-refractivity contribution < 1.29 is 8.42 Å². The van der Waals surface area contributed by atoms with Crippen LogP contribution in [0.25, 0.3) is 0 Å². The maximum atomic E-state index is 10.8. The van der Waals surface area contributed by atoms with E-state index in [-0.39, 0.29) is 17.7 Å². The number of anilines is 1. The average molecular weight is 337 g/mol. The van der Waals surface area contributed by atoms with Crippen molar-refractivity contribution in [1.29, 1.82) is 0 Å². The Hall–Kier alpha value is -0.730. The zero-order valence-corrected chi connectivity index (χ0v) is 13.0. The van der Waals surface area contributed by atoms with Crippen LogP contribution in [0.5, 0.6) is 0 Å². The van der Waals surface area contributed by atoms with Gasteiger partial charge in [-0.3, -0.25) is 0 Å². The van der Waals surface area contributed by atoms with Crippen molar-refractivity contribution in [2.24, 2.45) is 5.14 Å². The first-order valence-corrected chi connectivity index (χ1v) is 7.88. The molecule has 3 N–H and O–H groups in total. The molecule has 0 saturated carbocycles. The Morgan fingerprint density at radius 3 is 2.50 bits per heavy atom. The van der Waals surface area contributed by atoms with E-state index in [1.165, 1.54) is 0 Å². The molecule has 0 radical (unpaired) electrons. The molecule has 6 nitrogen and oxygen atoms in total. The van der Waals surface area contributed by atoms with Crippen LogP contribution in [0.3, 0.4) is 0 Å². The number of nitrogens with one attached hydrogen (secondary N) is 1. The van der Waals surface area contributed by atoms with Crippen LogP contribution in [0.1, 0.15) is 26.6 Å². The van der Waals surface area contributed by atoms with Crippen LogP contribution in [-0.2, 0) is 15.4 Å². The zero-order valence-electron chi connectivity index (χ0n) is 10.6. The third kappa shape index (κ3) is 5.28. The molecule has 0 aliphatic heterocycles. The fourth-order valence-corrected chi connectivity index (χ4v) is 1.94. The van der Waals surface area contributed by atoms with E-state index in [4.69, 9.17) is 5.14 Å². The van der Waals surface area contributed by atoms with Gasteiger partial charge in [0.15, 0.2) is 0 Å². The Kier molecular flexibility index (Phi) is 4.68. The quantitative estimate of drug-likeness (QED) is 0.806. The minimum Gasteiger partial charge on any atom is -0.369 e. The summed E-state index contributed by atoms with van der Waals surface area (Å²) in [4.78, 5) is 8.62. The van der Waals surface area contributed by atoms with Crippen molar-refractivity contribution >= 4 is 31.8 Å². The average Bonchev–Trinajstić information content (AvgIpc) is 2.13. The fourth-order valence-electron chi connectivity index (χ4n) is 1.16. The van der Waals surface area contributed by atoms with E-state index >= 15 is 0 Å². The molecule has 0 unspecified atom stereocenters. The molecule has 1 rings (SSSR count). The minimum absolute atomic E-state index is 0.139. The van der Waals surface area contributed by atoms with Crippen LogP contribution in [0.15, 0.2) is 10.7 Å². The summed E-state index contributed by atoms with van der Waals surface area (Å²) in [6, 6.07) is 1.69. The monoisotopic (exact) mass is 336 g/mol. The molecule has 0 atom stereocenters. The molecular formula is C10H17BrN4O2S. The summed E-state index contributed by atoms with van der Waals surface area (Å²) in [5.74, 6) is 1.11. The highest BCUT2D eigenvalue weighted by molar-refractivity contribution is 9.10. The van der Waals surface area contributed by atoms with E-state index in [9.17, 15) is 8.42 Å². The molecule has 0 aliphatic carbocycles. The van der Waals surface area contributed by atoms with E-state index in [2.05, 4.69) is 31.2 Å². The van der Waals surface area contributed by atoms with Gasteiger partial charge in [-0.05, 0) is 15.9 Å². The molecule has 1 aromatic rings. The Balaban J connectivity index is 2.81. The van der Waals surface area contributed by atoms with E-state index < -0.39 is 10.0 Å². The van der Waals surface area contributed by atoms with Gasteiger partial charge < -0.3 is 5.32 Å². The molecule has 0 amide bonds. The van der Waals surface area contributed by atoms with Gasteiger partial charge in [-0.15, -0.1) is 0 Å². The van der Waals surface area contributed by atoms with E-state index in [1.807, 2.05) is 20.8 Å². The predicted molar refractivity (Wildman–Crippen MR) is 74.9 cm³/mol. The Morgan fingerprint density at radius 2 is 2.00 bits per heavy atom. The predicted octanol–water partition coefficient (Wildman–Crippen LogP) is 1.24. The lowest BCUT2D eigenvalue weighted by molar-refractivity contribution is 0.544. The molecule has 0 bridgehead atoms. The van der Waals surface area contributed by atoms with Gasteiger partial charge in [-0.2, -0.15) is 0 Å². The first kappa shape index (κ1) is 15.3. The molecule has 18 heavy (non-hydrogen) atoms. The molecule has 0 aromatic carbocycles. The molecule has 102 valence electrons. The molecule has 8 heteroatoms. The van der Waals surface area contributed by atoms with Crippen LogP contribution in [0, 0.1) is 0 Å². The van der Waals surface area contributed by atoms with Gasteiger partial charge in [0.25, 0.3) is 0 Å². The van der Waals surface area contributed by atoms with Crippen LogP contribution >= 0.6 is 15.9 Å². The first-order valence-electron chi connectivity index (χ1n) is 5.37. The SMILES string of the molecule is CC(C)(C)c1nc(Br)cc(NCCS(N)(=O)=O)n1. The lowest BCUT2D eigenvalue weighted by Gasteiger charge is -2.17.